The first-order valence-corrected chi connectivity index (χ1v) is 6.25. The molecule has 0 aromatic carbocycles. The summed E-state index contributed by atoms with van der Waals surface area (Å²) >= 11 is -1.23. The van der Waals surface area contributed by atoms with Gasteiger partial charge in [0.25, 0.3) is 0 Å². The van der Waals surface area contributed by atoms with E-state index in [9.17, 15) is 3.08 Å². The molecule has 1 saturated carbocycles. The van der Waals surface area contributed by atoms with E-state index in [4.69, 9.17) is 0 Å². The Labute approximate surface area is 66.8 Å². The first-order valence-electron chi connectivity index (χ1n) is 3.66. The summed E-state index contributed by atoms with van der Waals surface area (Å²) in [5.74, 6) is 0. The van der Waals surface area contributed by atoms with Crippen LogP contribution in [0.1, 0.15) is 39.0 Å². The second-order valence-corrected chi connectivity index (χ2v) is 7.25. The Bertz CT molecular complexity index is 105. The minimum absolute atomic E-state index is 0.335. The van der Waals surface area contributed by atoms with Crippen LogP contribution < -0.4 is 0 Å². The maximum absolute atomic E-state index is 10.8. The van der Waals surface area contributed by atoms with Gasteiger partial charge in [-0.1, -0.05) is 0 Å². The minimum atomic E-state index is -1.23. The molecule has 1 nitrogen and oxygen atoms in total. The van der Waals surface area contributed by atoms with Crippen molar-refractivity contribution in [2.75, 3.05) is 0 Å². The van der Waals surface area contributed by atoms with Gasteiger partial charge in [0, 0.05) is 0 Å². The van der Waals surface area contributed by atoms with Crippen molar-refractivity contribution in [2.24, 2.45) is 0 Å². The van der Waals surface area contributed by atoms with Gasteiger partial charge < -0.3 is 0 Å². The van der Waals surface area contributed by atoms with E-state index in [0.29, 0.717) is 3.43 Å². The Morgan fingerprint density at radius 2 is 1.78 bits per heavy atom. The molecule has 0 atom stereocenters. The molecule has 1 aliphatic rings. The zero-order valence-corrected chi connectivity index (χ0v) is 8.80. The third kappa shape index (κ3) is 2.02. The number of hydrogen-bond donors (Lipinski definition) is 0. The Balaban J connectivity index is 2.46. The molecule has 0 amide bonds. The van der Waals surface area contributed by atoms with Crippen molar-refractivity contribution >= 4 is 21.1 Å². The van der Waals surface area contributed by atoms with Crippen molar-refractivity contribution in [3.8, 4) is 0 Å². The first kappa shape index (κ1) is 7.70. The standard InChI is InChI=1S/C7H13.O.Sn/c1-7-5-3-2-4-6-7;;/h2-6H2,1H3;;. The van der Waals surface area contributed by atoms with Crippen LogP contribution in [0.15, 0.2) is 0 Å². The van der Waals surface area contributed by atoms with Crippen molar-refractivity contribution in [1.82, 2.24) is 0 Å². The average molecular weight is 232 g/mol. The predicted molar refractivity (Wildman–Crippen MR) is 37.9 cm³/mol. The third-order valence-corrected chi connectivity index (χ3v) is 5.04. The molecule has 0 unspecified atom stereocenters. The third-order valence-electron chi connectivity index (χ3n) is 2.20. The van der Waals surface area contributed by atoms with E-state index in [1.165, 1.54) is 32.1 Å². The van der Waals surface area contributed by atoms with Crippen LogP contribution in [0.3, 0.4) is 0 Å². The van der Waals surface area contributed by atoms with Gasteiger partial charge in [-0.05, 0) is 0 Å². The number of rotatable bonds is 1. The Hall–Kier alpha value is 0.599. The molecule has 0 heterocycles. The normalized spacial score (nSPS) is 25.4. The number of hydrogen-bond acceptors (Lipinski definition) is 1. The van der Waals surface area contributed by atoms with Crippen LogP contribution >= 0.6 is 0 Å². The fourth-order valence-electron chi connectivity index (χ4n) is 1.43. The van der Waals surface area contributed by atoms with Crippen molar-refractivity contribution in [3.05, 3.63) is 0 Å². The van der Waals surface area contributed by atoms with Gasteiger partial charge in [0.1, 0.15) is 0 Å². The Morgan fingerprint density at radius 3 is 2.11 bits per heavy atom. The molecule has 0 aliphatic heterocycles. The van der Waals surface area contributed by atoms with Crippen LogP contribution in [0.2, 0.25) is 3.43 Å². The van der Waals surface area contributed by atoms with E-state index in [2.05, 4.69) is 6.92 Å². The van der Waals surface area contributed by atoms with Crippen LogP contribution in [-0.2, 0) is 3.08 Å². The molecule has 9 heavy (non-hydrogen) atoms. The van der Waals surface area contributed by atoms with Gasteiger partial charge in [-0.25, -0.2) is 0 Å². The predicted octanol–water partition coefficient (Wildman–Crippen LogP) is 2.18. The molecule has 1 aliphatic carbocycles. The second kappa shape index (κ2) is 3.13. The first-order chi connectivity index (χ1) is 4.27. The van der Waals surface area contributed by atoms with E-state index >= 15 is 0 Å². The van der Waals surface area contributed by atoms with Gasteiger partial charge >= 0.3 is 66.7 Å². The molecule has 1 radical (unpaired) electrons. The summed E-state index contributed by atoms with van der Waals surface area (Å²) in [5.41, 5.74) is 0. The zero-order chi connectivity index (χ0) is 6.74. The molecular weight excluding hydrogens is 219 g/mol. The summed E-state index contributed by atoms with van der Waals surface area (Å²) < 4.78 is 11.1. The van der Waals surface area contributed by atoms with Crippen LogP contribution in [-0.4, -0.2) is 21.1 Å². The molecular formula is C7H13OSn. The van der Waals surface area contributed by atoms with Gasteiger partial charge in [0.2, 0.25) is 0 Å². The zero-order valence-electron chi connectivity index (χ0n) is 5.94. The van der Waals surface area contributed by atoms with E-state index in [-0.39, 0.29) is 0 Å². The summed E-state index contributed by atoms with van der Waals surface area (Å²) in [4.78, 5) is 0. The van der Waals surface area contributed by atoms with Crippen molar-refractivity contribution in [1.29, 1.82) is 0 Å². The summed E-state index contributed by atoms with van der Waals surface area (Å²) in [6.07, 6.45) is 6.49. The molecule has 51 valence electrons. The SMILES string of the molecule is C[C]1([Sn]=[O])CCCCC1. The van der Waals surface area contributed by atoms with Crippen LogP contribution in [0, 0.1) is 0 Å². The molecule has 0 aromatic rings. The van der Waals surface area contributed by atoms with Gasteiger partial charge in [0.05, 0.1) is 0 Å². The van der Waals surface area contributed by atoms with Gasteiger partial charge in [0.15, 0.2) is 0 Å². The molecule has 0 N–H and O–H groups in total. The van der Waals surface area contributed by atoms with Crippen molar-refractivity contribution < 1.29 is 3.08 Å². The summed E-state index contributed by atoms with van der Waals surface area (Å²) in [6, 6.07) is 0. The molecule has 0 spiro atoms. The van der Waals surface area contributed by atoms with E-state index < -0.39 is 21.1 Å². The van der Waals surface area contributed by atoms with Gasteiger partial charge in [-0.2, -0.15) is 0 Å². The molecule has 2 heteroatoms. The molecule has 0 bridgehead atoms. The quantitative estimate of drug-likeness (QED) is 0.633. The van der Waals surface area contributed by atoms with Gasteiger partial charge in [-0.15, -0.1) is 0 Å². The maximum atomic E-state index is 10.8. The average Bonchev–Trinajstić information content (AvgIpc) is 1.90. The second-order valence-electron chi connectivity index (χ2n) is 3.22. The van der Waals surface area contributed by atoms with Gasteiger partial charge in [-0.3, -0.25) is 0 Å². The van der Waals surface area contributed by atoms with E-state index in [1.54, 1.807) is 0 Å². The Morgan fingerprint density at radius 1 is 1.22 bits per heavy atom. The van der Waals surface area contributed by atoms with Crippen molar-refractivity contribution in [2.45, 2.75) is 42.5 Å². The van der Waals surface area contributed by atoms with E-state index in [0.717, 1.165) is 0 Å². The van der Waals surface area contributed by atoms with E-state index in [1.807, 2.05) is 0 Å². The summed E-state index contributed by atoms with van der Waals surface area (Å²) in [6.45, 7) is 2.20. The monoisotopic (exact) mass is 233 g/mol. The fraction of sp³-hybridized carbons (Fsp3) is 1.00. The van der Waals surface area contributed by atoms with Crippen molar-refractivity contribution in [3.63, 3.8) is 0 Å². The topological polar surface area (TPSA) is 17.1 Å². The molecule has 0 saturated heterocycles. The molecule has 1 rings (SSSR count). The van der Waals surface area contributed by atoms with Crippen LogP contribution in [0.5, 0.6) is 0 Å². The van der Waals surface area contributed by atoms with Crippen LogP contribution in [0.4, 0.5) is 0 Å². The van der Waals surface area contributed by atoms with Crippen LogP contribution in [0.25, 0.3) is 0 Å². The summed E-state index contributed by atoms with van der Waals surface area (Å²) in [7, 11) is 0. The molecule has 1 fully saturated rings. The Kier molecular flexibility index (Phi) is 2.68. The molecule has 0 aromatic heterocycles. The summed E-state index contributed by atoms with van der Waals surface area (Å²) in [5, 5.41) is 0. The fourth-order valence-corrected chi connectivity index (χ4v) is 3.03.